The molecule has 1 aliphatic heterocycles. The normalized spacial score (nSPS) is 14.5. The van der Waals surface area contributed by atoms with E-state index in [0.717, 1.165) is 11.3 Å². The molecule has 4 rings (SSSR count). The number of nitrogens with one attached hydrogen (secondary N) is 1. The van der Waals surface area contributed by atoms with Gasteiger partial charge in [-0.2, -0.15) is 0 Å². The van der Waals surface area contributed by atoms with Crippen LogP contribution in [-0.2, 0) is 4.79 Å². The molecule has 2 aromatic heterocycles. The molecule has 1 fully saturated rings. The van der Waals surface area contributed by atoms with Crippen molar-refractivity contribution in [2.45, 2.75) is 0 Å². The molecular formula is C20H17Cl2N5O4S. The predicted molar refractivity (Wildman–Crippen MR) is 124 cm³/mol. The van der Waals surface area contributed by atoms with Gasteiger partial charge in [0, 0.05) is 54.6 Å². The minimum Gasteiger partial charge on any atom is -0.335 e. The van der Waals surface area contributed by atoms with Crippen LogP contribution in [0.4, 0.5) is 11.4 Å². The number of amides is 2. The number of thiophene rings is 1. The number of anilines is 1. The van der Waals surface area contributed by atoms with E-state index in [1.165, 1.54) is 18.3 Å². The third kappa shape index (κ3) is 4.68. The summed E-state index contributed by atoms with van der Waals surface area (Å²) in [6, 6.07) is 7.72. The first-order valence-electron chi connectivity index (χ1n) is 9.62. The number of carbonyl (C=O) groups excluding carboxylic acids is 2. The number of hydrogen-bond acceptors (Lipinski definition) is 7. The van der Waals surface area contributed by atoms with Crippen molar-refractivity contribution in [3.05, 3.63) is 61.7 Å². The number of fused-ring (bicyclic) bond motifs is 1. The Labute approximate surface area is 196 Å². The van der Waals surface area contributed by atoms with E-state index < -0.39 is 4.92 Å². The number of nitro groups is 1. The van der Waals surface area contributed by atoms with Crippen LogP contribution < -0.4 is 5.32 Å². The predicted octanol–water partition coefficient (Wildman–Crippen LogP) is 3.91. The first-order valence-corrected chi connectivity index (χ1v) is 11.2. The number of hydrogen-bond donors (Lipinski definition) is 1. The number of piperazine rings is 1. The zero-order valence-corrected chi connectivity index (χ0v) is 18.9. The first-order chi connectivity index (χ1) is 15.3. The minimum absolute atomic E-state index is 0.0473. The van der Waals surface area contributed by atoms with E-state index in [1.54, 1.807) is 23.1 Å². The molecule has 12 heteroatoms. The van der Waals surface area contributed by atoms with Gasteiger partial charge >= 0.3 is 0 Å². The molecule has 9 nitrogen and oxygen atoms in total. The molecule has 2 amide bonds. The Hall–Kier alpha value is -2.79. The lowest BCUT2D eigenvalue weighted by Gasteiger charge is -2.34. The van der Waals surface area contributed by atoms with E-state index in [4.69, 9.17) is 23.2 Å². The van der Waals surface area contributed by atoms with Crippen molar-refractivity contribution in [3.63, 3.8) is 0 Å². The molecule has 0 bridgehead atoms. The summed E-state index contributed by atoms with van der Waals surface area (Å²) >= 11 is 13.5. The topological polar surface area (TPSA) is 109 Å². The highest BCUT2D eigenvalue weighted by Crippen LogP contribution is 2.38. The molecule has 1 N–H and O–H groups in total. The summed E-state index contributed by atoms with van der Waals surface area (Å²) in [6.45, 7) is 2.08. The summed E-state index contributed by atoms with van der Waals surface area (Å²) < 4.78 is 0.594. The molecule has 0 saturated carbocycles. The van der Waals surface area contributed by atoms with Crippen molar-refractivity contribution in [3.8, 4) is 0 Å². The molecule has 1 aromatic carbocycles. The zero-order chi connectivity index (χ0) is 22.8. The summed E-state index contributed by atoms with van der Waals surface area (Å²) in [7, 11) is 0. The molecule has 3 aromatic rings. The molecule has 3 heterocycles. The highest BCUT2D eigenvalue weighted by molar-refractivity contribution is 7.21. The average molecular weight is 494 g/mol. The second-order valence-electron chi connectivity index (χ2n) is 7.14. The summed E-state index contributed by atoms with van der Waals surface area (Å²) in [5.41, 5.74) is 0.404. The van der Waals surface area contributed by atoms with E-state index in [1.807, 2.05) is 4.90 Å². The van der Waals surface area contributed by atoms with Gasteiger partial charge in [0.15, 0.2) is 5.15 Å². The maximum Gasteiger partial charge on any atom is 0.270 e. The van der Waals surface area contributed by atoms with Gasteiger partial charge in [-0.3, -0.25) is 24.6 Å². The Bertz CT molecular complexity index is 1210. The molecule has 32 heavy (non-hydrogen) atoms. The Morgan fingerprint density at radius 1 is 1.19 bits per heavy atom. The third-order valence-electron chi connectivity index (χ3n) is 5.08. The fourth-order valence-electron chi connectivity index (χ4n) is 3.43. The Balaban J connectivity index is 1.37. The van der Waals surface area contributed by atoms with Gasteiger partial charge in [0.25, 0.3) is 11.6 Å². The average Bonchev–Trinajstić information content (AvgIpc) is 3.11. The molecule has 0 atom stereocenters. The summed E-state index contributed by atoms with van der Waals surface area (Å²) in [6.07, 6.45) is 1.54. The molecular weight excluding hydrogens is 477 g/mol. The Morgan fingerprint density at radius 2 is 1.94 bits per heavy atom. The van der Waals surface area contributed by atoms with Gasteiger partial charge in [-0.25, -0.2) is 4.98 Å². The number of carbonyl (C=O) groups is 2. The van der Waals surface area contributed by atoms with Gasteiger partial charge in [-0.05, 0) is 18.2 Å². The number of nitro benzene ring substituents is 1. The van der Waals surface area contributed by atoms with Crippen LogP contribution in [0, 0.1) is 10.1 Å². The largest absolute Gasteiger partial charge is 0.335 e. The molecule has 0 radical (unpaired) electrons. The minimum atomic E-state index is -0.480. The SMILES string of the molecule is O=C(CN1CCN(C(=O)c2sc3cc([N+](=O)[O-])ccc3c2Cl)CC1)Nc1cccnc1Cl. The fourth-order valence-corrected chi connectivity index (χ4v) is 5.11. The number of aromatic nitrogens is 1. The number of rotatable bonds is 5. The van der Waals surface area contributed by atoms with Crippen LogP contribution >= 0.6 is 34.5 Å². The van der Waals surface area contributed by atoms with E-state index in [9.17, 15) is 19.7 Å². The Kier molecular flexibility index (Phi) is 6.56. The van der Waals surface area contributed by atoms with Crippen molar-refractivity contribution in [2.75, 3.05) is 38.0 Å². The maximum atomic E-state index is 13.0. The monoisotopic (exact) mass is 493 g/mol. The van der Waals surface area contributed by atoms with Crippen LogP contribution in [0.2, 0.25) is 10.2 Å². The lowest BCUT2D eigenvalue weighted by Crippen LogP contribution is -2.50. The molecule has 0 unspecified atom stereocenters. The van der Waals surface area contributed by atoms with Crippen LogP contribution in [0.1, 0.15) is 9.67 Å². The molecule has 0 aliphatic carbocycles. The van der Waals surface area contributed by atoms with Crippen molar-refractivity contribution in [1.82, 2.24) is 14.8 Å². The van der Waals surface area contributed by atoms with Gasteiger partial charge in [-0.1, -0.05) is 23.2 Å². The standard InChI is InChI=1S/C20H17Cl2N5O4S/c21-17-13-4-3-12(27(30)31)10-15(13)32-18(17)20(29)26-8-6-25(7-9-26)11-16(28)24-14-2-1-5-23-19(14)22/h1-5,10H,6-9,11H2,(H,24,28). The third-order valence-corrected chi connectivity index (χ3v) is 7.02. The number of halogens is 2. The van der Waals surface area contributed by atoms with E-state index >= 15 is 0 Å². The summed E-state index contributed by atoms with van der Waals surface area (Å²) in [4.78, 5) is 43.7. The van der Waals surface area contributed by atoms with E-state index in [2.05, 4.69) is 10.3 Å². The van der Waals surface area contributed by atoms with Gasteiger partial charge in [0.05, 0.1) is 22.2 Å². The lowest BCUT2D eigenvalue weighted by atomic mass is 10.2. The van der Waals surface area contributed by atoms with Gasteiger partial charge < -0.3 is 10.2 Å². The van der Waals surface area contributed by atoms with Crippen LogP contribution in [0.15, 0.2) is 36.5 Å². The van der Waals surface area contributed by atoms with E-state index in [-0.39, 0.29) is 29.2 Å². The van der Waals surface area contributed by atoms with Gasteiger partial charge in [0.1, 0.15) is 4.88 Å². The zero-order valence-electron chi connectivity index (χ0n) is 16.6. The summed E-state index contributed by atoms with van der Waals surface area (Å²) in [5.74, 6) is -0.432. The van der Waals surface area contributed by atoms with Crippen molar-refractivity contribution in [1.29, 1.82) is 0 Å². The second kappa shape index (κ2) is 9.37. The second-order valence-corrected chi connectivity index (χ2v) is 8.93. The van der Waals surface area contributed by atoms with Gasteiger partial charge in [-0.15, -0.1) is 11.3 Å². The maximum absolute atomic E-state index is 13.0. The quantitative estimate of drug-likeness (QED) is 0.327. The van der Waals surface area contributed by atoms with Crippen LogP contribution in [-0.4, -0.2) is 64.2 Å². The molecule has 0 spiro atoms. The van der Waals surface area contributed by atoms with Crippen molar-refractivity contribution < 1.29 is 14.5 Å². The Morgan fingerprint density at radius 3 is 2.62 bits per heavy atom. The number of nitrogens with zero attached hydrogens (tertiary/aromatic N) is 4. The van der Waals surface area contributed by atoms with Gasteiger partial charge in [0.2, 0.25) is 5.91 Å². The number of pyridine rings is 1. The van der Waals surface area contributed by atoms with Crippen LogP contribution in [0.3, 0.4) is 0 Å². The van der Waals surface area contributed by atoms with Crippen LogP contribution in [0.25, 0.3) is 10.1 Å². The fraction of sp³-hybridized carbons (Fsp3) is 0.250. The summed E-state index contributed by atoms with van der Waals surface area (Å²) in [5, 5.41) is 14.9. The molecule has 166 valence electrons. The first kappa shape index (κ1) is 22.4. The van der Waals surface area contributed by atoms with Crippen molar-refractivity contribution in [2.24, 2.45) is 0 Å². The molecule has 1 aliphatic rings. The molecule has 1 saturated heterocycles. The van der Waals surface area contributed by atoms with Crippen LogP contribution in [0.5, 0.6) is 0 Å². The highest BCUT2D eigenvalue weighted by Gasteiger charge is 2.27. The highest BCUT2D eigenvalue weighted by atomic mass is 35.5. The smallest absolute Gasteiger partial charge is 0.270 e. The lowest BCUT2D eigenvalue weighted by molar-refractivity contribution is -0.384. The van der Waals surface area contributed by atoms with E-state index in [0.29, 0.717) is 51.9 Å². The number of benzene rings is 1. The van der Waals surface area contributed by atoms with Crippen molar-refractivity contribution >= 4 is 67.8 Å². The number of non-ortho nitro benzene ring substituents is 1.